The lowest BCUT2D eigenvalue weighted by Gasteiger charge is -2.42. The normalized spacial score (nSPS) is 19.2. The summed E-state index contributed by atoms with van der Waals surface area (Å²) in [5.74, 6) is 0.918. The highest BCUT2D eigenvalue weighted by molar-refractivity contribution is 7.91. The molecule has 10 heteroatoms. The summed E-state index contributed by atoms with van der Waals surface area (Å²) in [6.07, 6.45) is 0.854. The summed E-state index contributed by atoms with van der Waals surface area (Å²) < 4.78 is 44.4. The Balaban J connectivity index is 1.50. The Morgan fingerprint density at radius 1 is 1.10 bits per heavy atom. The van der Waals surface area contributed by atoms with E-state index in [1.165, 1.54) is 22.8 Å². The molecule has 2 aromatic rings. The van der Waals surface area contributed by atoms with Crippen LogP contribution < -0.4 is 9.47 Å². The molecular formula is C20H24N2O6S2. The van der Waals surface area contributed by atoms with Crippen LogP contribution in [0.25, 0.3) is 0 Å². The summed E-state index contributed by atoms with van der Waals surface area (Å²) in [4.78, 5) is 14.7. The van der Waals surface area contributed by atoms with Crippen molar-refractivity contribution >= 4 is 27.3 Å². The average molecular weight is 453 g/mol. The summed E-state index contributed by atoms with van der Waals surface area (Å²) in [5.41, 5.74) is -0.393. The molecule has 2 saturated heterocycles. The summed E-state index contributed by atoms with van der Waals surface area (Å²) in [6.45, 7) is 1.49. The van der Waals surface area contributed by atoms with Crippen molar-refractivity contribution in [2.24, 2.45) is 0 Å². The molecule has 1 spiro atoms. The zero-order chi connectivity index (χ0) is 21.4. The summed E-state index contributed by atoms with van der Waals surface area (Å²) in [5, 5.41) is 1.75. The second-order valence-electron chi connectivity index (χ2n) is 7.17. The molecule has 0 N–H and O–H groups in total. The van der Waals surface area contributed by atoms with Gasteiger partial charge in [0.15, 0.2) is 11.5 Å². The Morgan fingerprint density at radius 3 is 2.47 bits per heavy atom. The highest BCUT2D eigenvalue weighted by Crippen LogP contribution is 2.39. The molecule has 0 atom stereocenters. The SMILES string of the molecule is COc1ccc(C(=O)N2CCC3(CC2)OCCN3S(=O)(=O)c2cccs2)cc1OC. The fourth-order valence-electron chi connectivity index (χ4n) is 4.06. The third-order valence-corrected chi connectivity index (χ3v) is 8.94. The van der Waals surface area contributed by atoms with E-state index < -0.39 is 15.7 Å². The van der Waals surface area contributed by atoms with Gasteiger partial charge in [0.05, 0.1) is 20.8 Å². The minimum absolute atomic E-state index is 0.128. The molecule has 0 aliphatic carbocycles. The maximum atomic E-state index is 13.1. The maximum Gasteiger partial charge on any atom is 0.255 e. The molecule has 1 aromatic carbocycles. The van der Waals surface area contributed by atoms with Gasteiger partial charge in [0.25, 0.3) is 15.9 Å². The van der Waals surface area contributed by atoms with Crippen LogP contribution >= 0.6 is 11.3 Å². The van der Waals surface area contributed by atoms with Gasteiger partial charge in [-0.25, -0.2) is 8.42 Å². The Hall–Kier alpha value is -2.14. The lowest BCUT2D eigenvalue weighted by molar-refractivity contribution is -0.0856. The number of amides is 1. The second-order valence-corrected chi connectivity index (χ2v) is 10.2. The molecular weight excluding hydrogens is 428 g/mol. The number of piperidine rings is 1. The van der Waals surface area contributed by atoms with Gasteiger partial charge in [0.1, 0.15) is 9.93 Å². The Kier molecular flexibility index (Phi) is 5.75. The molecule has 30 heavy (non-hydrogen) atoms. The van der Waals surface area contributed by atoms with E-state index in [9.17, 15) is 13.2 Å². The van der Waals surface area contributed by atoms with E-state index in [0.29, 0.717) is 60.4 Å². The van der Waals surface area contributed by atoms with Crippen LogP contribution in [0.5, 0.6) is 11.5 Å². The molecule has 162 valence electrons. The van der Waals surface area contributed by atoms with Crippen LogP contribution in [0.2, 0.25) is 0 Å². The van der Waals surface area contributed by atoms with Crippen molar-refractivity contribution < 1.29 is 27.4 Å². The first-order valence-electron chi connectivity index (χ1n) is 9.63. The molecule has 1 amide bonds. The molecule has 2 fully saturated rings. The van der Waals surface area contributed by atoms with E-state index in [4.69, 9.17) is 14.2 Å². The predicted molar refractivity (Wildman–Crippen MR) is 112 cm³/mol. The maximum absolute atomic E-state index is 13.1. The number of nitrogens with zero attached hydrogens (tertiary/aromatic N) is 2. The molecule has 0 saturated carbocycles. The number of thiophene rings is 1. The first kappa shape index (κ1) is 21.1. The predicted octanol–water partition coefficient (Wildman–Crippen LogP) is 2.42. The van der Waals surface area contributed by atoms with E-state index in [2.05, 4.69) is 0 Å². The van der Waals surface area contributed by atoms with Crippen LogP contribution in [-0.2, 0) is 14.8 Å². The van der Waals surface area contributed by atoms with Crippen molar-refractivity contribution in [1.29, 1.82) is 0 Å². The number of hydrogen-bond acceptors (Lipinski definition) is 7. The van der Waals surface area contributed by atoms with Crippen molar-refractivity contribution in [1.82, 2.24) is 9.21 Å². The summed E-state index contributed by atoms with van der Waals surface area (Å²) in [6, 6.07) is 8.40. The Bertz CT molecular complexity index is 1010. The van der Waals surface area contributed by atoms with Crippen molar-refractivity contribution in [3.05, 3.63) is 41.3 Å². The number of likely N-dealkylation sites (tertiary alicyclic amines) is 1. The number of carbonyl (C=O) groups is 1. The zero-order valence-electron chi connectivity index (χ0n) is 16.9. The molecule has 8 nitrogen and oxygen atoms in total. The third-order valence-electron chi connectivity index (χ3n) is 5.62. The third kappa shape index (κ3) is 3.58. The fraction of sp³-hybridized carbons (Fsp3) is 0.450. The van der Waals surface area contributed by atoms with Crippen molar-refractivity contribution in [3.8, 4) is 11.5 Å². The quantitative estimate of drug-likeness (QED) is 0.693. The molecule has 2 aliphatic heterocycles. The minimum Gasteiger partial charge on any atom is -0.493 e. The van der Waals surface area contributed by atoms with Crippen molar-refractivity contribution in [2.45, 2.75) is 22.8 Å². The van der Waals surface area contributed by atoms with Crippen LogP contribution in [0.15, 0.2) is 39.9 Å². The highest BCUT2D eigenvalue weighted by Gasteiger charge is 2.51. The number of sulfonamides is 1. The van der Waals surface area contributed by atoms with Crippen LogP contribution in [0, 0.1) is 0 Å². The molecule has 2 aliphatic rings. The fourth-order valence-corrected chi connectivity index (χ4v) is 6.88. The lowest BCUT2D eigenvalue weighted by atomic mass is 10.00. The lowest BCUT2D eigenvalue weighted by Crippen LogP contribution is -2.55. The van der Waals surface area contributed by atoms with Crippen LogP contribution in [0.1, 0.15) is 23.2 Å². The van der Waals surface area contributed by atoms with Gasteiger partial charge >= 0.3 is 0 Å². The molecule has 0 unspecified atom stereocenters. The Labute approximate surface area is 180 Å². The summed E-state index contributed by atoms with van der Waals surface area (Å²) in [7, 11) is -0.550. The van der Waals surface area contributed by atoms with Crippen LogP contribution in [-0.4, -0.2) is 69.7 Å². The molecule has 0 bridgehead atoms. The summed E-state index contributed by atoms with van der Waals surface area (Å²) >= 11 is 1.20. The number of rotatable bonds is 5. The smallest absolute Gasteiger partial charge is 0.255 e. The van der Waals surface area contributed by atoms with Gasteiger partial charge in [-0.3, -0.25) is 4.79 Å². The number of benzene rings is 1. The van der Waals surface area contributed by atoms with Gasteiger partial charge in [0.2, 0.25) is 0 Å². The van der Waals surface area contributed by atoms with Gasteiger partial charge in [0, 0.05) is 38.0 Å². The zero-order valence-corrected chi connectivity index (χ0v) is 18.5. The van der Waals surface area contributed by atoms with E-state index in [-0.39, 0.29) is 5.91 Å². The topological polar surface area (TPSA) is 85.4 Å². The van der Waals surface area contributed by atoms with Gasteiger partial charge in [-0.05, 0) is 29.6 Å². The number of methoxy groups -OCH3 is 2. The minimum atomic E-state index is -3.62. The molecule has 1 aromatic heterocycles. The van der Waals surface area contributed by atoms with E-state index >= 15 is 0 Å². The van der Waals surface area contributed by atoms with Crippen LogP contribution in [0.3, 0.4) is 0 Å². The molecule has 0 radical (unpaired) electrons. The van der Waals surface area contributed by atoms with Crippen LogP contribution in [0.4, 0.5) is 0 Å². The Morgan fingerprint density at radius 2 is 1.83 bits per heavy atom. The van der Waals surface area contributed by atoms with Gasteiger partial charge in [-0.1, -0.05) is 6.07 Å². The van der Waals surface area contributed by atoms with E-state index in [1.54, 1.807) is 47.7 Å². The highest BCUT2D eigenvalue weighted by atomic mass is 32.2. The van der Waals surface area contributed by atoms with E-state index in [0.717, 1.165) is 0 Å². The number of carbonyl (C=O) groups excluding carboxylic acids is 1. The molecule has 3 heterocycles. The molecule has 4 rings (SSSR count). The van der Waals surface area contributed by atoms with Crippen molar-refractivity contribution in [2.75, 3.05) is 40.5 Å². The largest absolute Gasteiger partial charge is 0.493 e. The first-order chi connectivity index (χ1) is 14.4. The number of hydrogen-bond donors (Lipinski definition) is 0. The first-order valence-corrected chi connectivity index (χ1v) is 11.9. The average Bonchev–Trinajstić information content (AvgIpc) is 3.45. The number of ether oxygens (including phenoxy) is 3. The van der Waals surface area contributed by atoms with Gasteiger partial charge < -0.3 is 19.1 Å². The second kappa shape index (κ2) is 8.18. The standard InChI is InChI=1S/C20H24N2O6S2/c1-26-16-6-5-15(14-17(16)27-2)19(23)21-9-7-20(8-10-21)22(11-12-28-20)30(24,25)18-4-3-13-29-18/h3-6,13-14H,7-12H2,1-2H3. The van der Waals surface area contributed by atoms with E-state index in [1.807, 2.05) is 0 Å². The monoisotopic (exact) mass is 452 g/mol. The van der Waals surface area contributed by atoms with Gasteiger partial charge in [-0.15, -0.1) is 11.3 Å². The van der Waals surface area contributed by atoms with Crippen molar-refractivity contribution in [3.63, 3.8) is 0 Å². The van der Waals surface area contributed by atoms with Gasteiger partial charge in [-0.2, -0.15) is 4.31 Å².